The quantitative estimate of drug-likeness (QED) is 0.814. The Kier molecular flexibility index (Phi) is 4.96. The van der Waals surface area contributed by atoms with Crippen LogP contribution < -0.4 is 11.1 Å². The fraction of sp³-hybridized carbons (Fsp3) is 0.500. The average molecular weight is 263 g/mol. The number of rotatable bonds is 4. The largest absolute Gasteiger partial charge is 0.376 e. The van der Waals surface area contributed by atoms with Gasteiger partial charge in [0, 0.05) is 19.1 Å². The molecule has 2 rings (SSSR count). The average Bonchev–Trinajstić information content (AvgIpc) is 2.39. The fourth-order valence-electron chi connectivity index (χ4n) is 2.54. The molecule has 18 heavy (non-hydrogen) atoms. The summed E-state index contributed by atoms with van der Waals surface area (Å²) in [6.45, 7) is 3.05. The second-order valence-electron chi connectivity index (χ2n) is 4.85. The number of thiocarbonyl (C=S) groups is 1. The van der Waals surface area contributed by atoms with Gasteiger partial charge in [0.25, 0.3) is 0 Å². The van der Waals surface area contributed by atoms with Gasteiger partial charge in [0.15, 0.2) is 5.11 Å². The van der Waals surface area contributed by atoms with Gasteiger partial charge >= 0.3 is 0 Å². The molecule has 0 bridgehead atoms. The third kappa shape index (κ3) is 3.96. The lowest BCUT2D eigenvalue weighted by molar-refractivity contribution is 0.141. The van der Waals surface area contributed by atoms with Gasteiger partial charge in [0.1, 0.15) is 0 Å². The maximum atomic E-state index is 5.51. The molecule has 0 amide bonds. The van der Waals surface area contributed by atoms with Crippen molar-refractivity contribution in [1.29, 1.82) is 0 Å². The van der Waals surface area contributed by atoms with Gasteiger partial charge in [-0.3, -0.25) is 4.90 Å². The van der Waals surface area contributed by atoms with E-state index in [4.69, 9.17) is 18.0 Å². The third-order valence-electron chi connectivity index (χ3n) is 3.49. The SMILES string of the molecule is NC(=S)NCC1CCCCN1Cc1ccccc1. The lowest BCUT2D eigenvalue weighted by Crippen LogP contribution is -2.47. The molecule has 3 nitrogen and oxygen atoms in total. The summed E-state index contributed by atoms with van der Waals surface area (Å²) < 4.78 is 0. The van der Waals surface area contributed by atoms with E-state index in [9.17, 15) is 0 Å². The van der Waals surface area contributed by atoms with Crippen LogP contribution in [0.25, 0.3) is 0 Å². The molecule has 0 saturated carbocycles. The van der Waals surface area contributed by atoms with Crippen LogP contribution in [0.2, 0.25) is 0 Å². The van der Waals surface area contributed by atoms with Crippen LogP contribution in [0.1, 0.15) is 24.8 Å². The molecule has 1 heterocycles. The van der Waals surface area contributed by atoms with E-state index in [2.05, 4.69) is 40.5 Å². The first-order chi connectivity index (χ1) is 8.75. The number of benzene rings is 1. The van der Waals surface area contributed by atoms with Crippen molar-refractivity contribution in [3.05, 3.63) is 35.9 Å². The van der Waals surface area contributed by atoms with Crippen LogP contribution in [0.5, 0.6) is 0 Å². The molecule has 3 N–H and O–H groups in total. The Morgan fingerprint density at radius 3 is 2.83 bits per heavy atom. The van der Waals surface area contributed by atoms with Crippen LogP contribution in [0, 0.1) is 0 Å². The molecule has 1 aromatic carbocycles. The Morgan fingerprint density at radius 2 is 2.11 bits per heavy atom. The number of hydrogen-bond donors (Lipinski definition) is 2. The molecule has 0 aromatic heterocycles. The van der Waals surface area contributed by atoms with Crippen molar-refractivity contribution in [3.63, 3.8) is 0 Å². The first-order valence-electron chi connectivity index (χ1n) is 6.57. The number of piperidine rings is 1. The summed E-state index contributed by atoms with van der Waals surface area (Å²) in [5, 5.41) is 3.50. The highest BCUT2D eigenvalue weighted by Gasteiger charge is 2.22. The van der Waals surface area contributed by atoms with Crippen LogP contribution in [-0.4, -0.2) is 29.1 Å². The zero-order chi connectivity index (χ0) is 12.8. The standard InChI is InChI=1S/C14H21N3S/c15-14(18)16-10-13-8-4-5-9-17(13)11-12-6-2-1-3-7-12/h1-3,6-7,13H,4-5,8-11H2,(H3,15,16,18). The maximum absolute atomic E-state index is 5.51. The molecule has 1 saturated heterocycles. The molecule has 1 aliphatic rings. The molecule has 1 atom stereocenters. The van der Waals surface area contributed by atoms with Gasteiger partial charge < -0.3 is 11.1 Å². The van der Waals surface area contributed by atoms with E-state index in [0.717, 1.165) is 13.1 Å². The molecule has 0 spiro atoms. The summed E-state index contributed by atoms with van der Waals surface area (Å²) in [6, 6.07) is 11.2. The second-order valence-corrected chi connectivity index (χ2v) is 5.29. The summed E-state index contributed by atoms with van der Waals surface area (Å²) in [5.74, 6) is 0. The minimum atomic E-state index is 0.403. The number of likely N-dealkylation sites (tertiary alicyclic amines) is 1. The van der Waals surface area contributed by atoms with Gasteiger partial charge in [-0.25, -0.2) is 0 Å². The molecule has 98 valence electrons. The van der Waals surface area contributed by atoms with Gasteiger partial charge in [0.05, 0.1) is 0 Å². The van der Waals surface area contributed by atoms with Crippen molar-refractivity contribution < 1.29 is 0 Å². The Bertz CT molecular complexity index is 380. The Balaban J connectivity index is 1.93. The van der Waals surface area contributed by atoms with Crippen molar-refractivity contribution in [3.8, 4) is 0 Å². The van der Waals surface area contributed by atoms with E-state index < -0.39 is 0 Å². The molecule has 1 unspecified atom stereocenters. The fourth-order valence-corrected chi connectivity index (χ4v) is 2.62. The minimum Gasteiger partial charge on any atom is -0.376 e. The number of hydrogen-bond acceptors (Lipinski definition) is 2. The van der Waals surface area contributed by atoms with Crippen LogP contribution in [0.4, 0.5) is 0 Å². The molecule has 1 fully saturated rings. The Hall–Kier alpha value is -1.13. The predicted molar refractivity (Wildman–Crippen MR) is 79.3 cm³/mol. The van der Waals surface area contributed by atoms with Crippen molar-refractivity contribution in [1.82, 2.24) is 10.2 Å². The van der Waals surface area contributed by atoms with Crippen molar-refractivity contribution in [2.45, 2.75) is 31.8 Å². The molecular formula is C14H21N3S. The summed E-state index contributed by atoms with van der Waals surface area (Å²) in [4.78, 5) is 2.53. The van der Waals surface area contributed by atoms with Gasteiger partial charge in [-0.2, -0.15) is 0 Å². The van der Waals surface area contributed by atoms with Gasteiger partial charge in [0.2, 0.25) is 0 Å². The van der Waals surface area contributed by atoms with E-state index in [1.807, 2.05) is 0 Å². The number of nitrogens with two attached hydrogens (primary N) is 1. The van der Waals surface area contributed by atoms with Crippen LogP contribution in [0.3, 0.4) is 0 Å². The molecule has 0 aliphatic carbocycles. The zero-order valence-corrected chi connectivity index (χ0v) is 11.5. The van der Waals surface area contributed by atoms with Gasteiger partial charge in [-0.05, 0) is 37.2 Å². The molecule has 1 aliphatic heterocycles. The second kappa shape index (κ2) is 6.71. The number of nitrogens with zero attached hydrogens (tertiary/aromatic N) is 1. The lowest BCUT2D eigenvalue weighted by atomic mass is 10.0. The summed E-state index contributed by atoms with van der Waals surface area (Å²) in [6.07, 6.45) is 3.81. The van der Waals surface area contributed by atoms with E-state index in [-0.39, 0.29) is 0 Å². The van der Waals surface area contributed by atoms with Crippen LogP contribution >= 0.6 is 12.2 Å². The van der Waals surface area contributed by atoms with Gasteiger partial charge in [-0.15, -0.1) is 0 Å². The van der Waals surface area contributed by atoms with E-state index in [0.29, 0.717) is 11.2 Å². The minimum absolute atomic E-state index is 0.403. The van der Waals surface area contributed by atoms with Crippen molar-refractivity contribution in [2.75, 3.05) is 13.1 Å². The summed E-state index contributed by atoms with van der Waals surface area (Å²) in [7, 11) is 0. The zero-order valence-electron chi connectivity index (χ0n) is 10.6. The van der Waals surface area contributed by atoms with E-state index in [1.165, 1.54) is 31.4 Å². The summed E-state index contributed by atoms with van der Waals surface area (Å²) >= 11 is 4.88. The highest BCUT2D eigenvalue weighted by Crippen LogP contribution is 2.19. The molecule has 4 heteroatoms. The highest BCUT2D eigenvalue weighted by molar-refractivity contribution is 7.80. The summed E-state index contributed by atoms with van der Waals surface area (Å²) in [5.41, 5.74) is 6.88. The monoisotopic (exact) mass is 263 g/mol. The van der Waals surface area contributed by atoms with Crippen molar-refractivity contribution in [2.24, 2.45) is 5.73 Å². The number of nitrogens with one attached hydrogen (secondary N) is 1. The first kappa shape index (κ1) is 13.3. The molecule has 1 aromatic rings. The normalized spacial score (nSPS) is 20.6. The molecular weight excluding hydrogens is 242 g/mol. The van der Waals surface area contributed by atoms with E-state index in [1.54, 1.807) is 0 Å². The van der Waals surface area contributed by atoms with Gasteiger partial charge in [-0.1, -0.05) is 36.8 Å². The maximum Gasteiger partial charge on any atom is 0.163 e. The van der Waals surface area contributed by atoms with Crippen molar-refractivity contribution >= 4 is 17.3 Å². The Morgan fingerprint density at radius 1 is 1.33 bits per heavy atom. The smallest absolute Gasteiger partial charge is 0.163 e. The topological polar surface area (TPSA) is 41.3 Å². The Labute approximate surface area is 114 Å². The third-order valence-corrected chi connectivity index (χ3v) is 3.63. The van der Waals surface area contributed by atoms with E-state index >= 15 is 0 Å². The highest BCUT2D eigenvalue weighted by atomic mass is 32.1. The lowest BCUT2D eigenvalue weighted by Gasteiger charge is -2.36. The predicted octanol–water partition coefficient (Wildman–Crippen LogP) is 1.87. The van der Waals surface area contributed by atoms with Crippen LogP contribution in [0.15, 0.2) is 30.3 Å². The molecule has 0 radical (unpaired) electrons. The first-order valence-corrected chi connectivity index (χ1v) is 6.98. The van der Waals surface area contributed by atoms with Crippen LogP contribution in [-0.2, 0) is 6.54 Å².